The first-order valence-electron chi connectivity index (χ1n) is 7.79. The van der Waals surface area contributed by atoms with Crippen LogP contribution < -0.4 is 10.4 Å². The minimum atomic E-state index is -0.394. The van der Waals surface area contributed by atoms with Gasteiger partial charge < -0.3 is 14.3 Å². The van der Waals surface area contributed by atoms with E-state index in [2.05, 4.69) is 0 Å². The molecule has 1 heterocycles. The minimum absolute atomic E-state index is 0.0545. The predicted molar refractivity (Wildman–Crippen MR) is 94.6 cm³/mol. The molecule has 0 radical (unpaired) electrons. The normalized spacial score (nSPS) is 11.0. The van der Waals surface area contributed by atoms with E-state index in [1.807, 2.05) is 45.0 Å². The summed E-state index contributed by atoms with van der Waals surface area (Å²) in [7, 11) is 1.57. The molecule has 4 heteroatoms. The zero-order chi connectivity index (χ0) is 17.4. The largest absolute Gasteiger partial charge is 0.497 e. The maximum atomic E-state index is 12.6. The van der Waals surface area contributed by atoms with Crippen LogP contribution in [0.4, 0.5) is 0 Å². The highest BCUT2D eigenvalue weighted by molar-refractivity contribution is 5.84. The molecule has 24 heavy (non-hydrogen) atoms. The standard InChI is InChI=1S/C20H20O4/c1-11-7-12(2)19(13(3)17(11)10-21)16-8-14-5-6-15(23-4)9-18(14)24-20(16)22/h5-9,21H,10H2,1-4H3. The SMILES string of the molecule is COc1ccc2cc(-c3c(C)cc(C)c(CO)c3C)c(=O)oc2c1. The highest BCUT2D eigenvalue weighted by Gasteiger charge is 2.16. The highest BCUT2D eigenvalue weighted by atomic mass is 16.5. The third kappa shape index (κ3) is 2.59. The predicted octanol–water partition coefficient (Wildman–Crippen LogP) is 3.89. The van der Waals surface area contributed by atoms with Crippen molar-refractivity contribution in [2.24, 2.45) is 0 Å². The summed E-state index contributed by atoms with van der Waals surface area (Å²) < 4.78 is 10.7. The number of benzene rings is 2. The second kappa shape index (κ2) is 6.13. The Labute approximate surface area is 140 Å². The molecule has 0 amide bonds. The zero-order valence-corrected chi connectivity index (χ0v) is 14.3. The summed E-state index contributed by atoms with van der Waals surface area (Å²) in [5.41, 5.74) is 5.21. The Morgan fingerprint density at radius 2 is 1.83 bits per heavy atom. The second-order valence-corrected chi connectivity index (χ2v) is 6.00. The lowest BCUT2D eigenvalue weighted by Gasteiger charge is -2.16. The van der Waals surface area contributed by atoms with Crippen molar-refractivity contribution in [1.82, 2.24) is 0 Å². The molecule has 0 atom stereocenters. The van der Waals surface area contributed by atoms with Gasteiger partial charge in [-0.3, -0.25) is 0 Å². The lowest BCUT2D eigenvalue weighted by molar-refractivity contribution is 0.280. The molecule has 3 aromatic rings. The number of hydrogen-bond acceptors (Lipinski definition) is 4. The van der Waals surface area contributed by atoms with Gasteiger partial charge in [-0.2, -0.15) is 0 Å². The zero-order valence-electron chi connectivity index (χ0n) is 14.3. The van der Waals surface area contributed by atoms with Crippen LogP contribution in [0, 0.1) is 20.8 Å². The van der Waals surface area contributed by atoms with E-state index >= 15 is 0 Å². The number of ether oxygens (including phenoxy) is 1. The van der Waals surface area contributed by atoms with Crippen molar-refractivity contribution in [1.29, 1.82) is 0 Å². The first kappa shape index (κ1) is 16.3. The van der Waals surface area contributed by atoms with Gasteiger partial charge in [0.05, 0.1) is 19.3 Å². The van der Waals surface area contributed by atoms with Gasteiger partial charge in [-0.05, 0) is 66.8 Å². The van der Waals surface area contributed by atoms with Gasteiger partial charge in [-0.1, -0.05) is 6.07 Å². The van der Waals surface area contributed by atoms with Crippen molar-refractivity contribution in [2.45, 2.75) is 27.4 Å². The first-order valence-corrected chi connectivity index (χ1v) is 7.79. The summed E-state index contributed by atoms with van der Waals surface area (Å²) in [6.07, 6.45) is 0. The monoisotopic (exact) mass is 324 g/mol. The maximum absolute atomic E-state index is 12.6. The Bertz CT molecular complexity index is 983. The van der Waals surface area contributed by atoms with Gasteiger partial charge in [0.15, 0.2) is 0 Å². The topological polar surface area (TPSA) is 59.7 Å². The molecular weight excluding hydrogens is 304 g/mol. The molecule has 0 saturated carbocycles. The lowest BCUT2D eigenvalue weighted by atomic mass is 9.90. The smallest absolute Gasteiger partial charge is 0.344 e. The van der Waals surface area contributed by atoms with Crippen molar-refractivity contribution >= 4 is 11.0 Å². The number of aliphatic hydroxyl groups excluding tert-OH is 1. The van der Waals surface area contributed by atoms with Crippen LogP contribution in [-0.4, -0.2) is 12.2 Å². The molecule has 2 aromatic carbocycles. The molecule has 0 saturated heterocycles. The fourth-order valence-electron chi connectivity index (χ4n) is 3.28. The van der Waals surface area contributed by atoms with Crippen molar-refractivity contribution in [3.63, 3.8) is 0 Å². The van der Waals surface area contributed by atoms with E-state index in [1.165, 1.54) is 0 Å². The van der Waals surface area contributed by atoms with E-state index in [4.69, 9.17) is 9.15 Å². The van der Waals surface area contributed by atoms with E-state index in [-0.39, 0.29) is 6.61 Å². The quantitative estimate of drug-likeness (QED) is 0.743. The summed E-state index contributed by atoms with van der Waals surface area (Å²) in [5, 5.41) is 10.5. The molecule has 0 fully saturated rings. The molecule has 0 aliphatic carbocycles. The van der Waals surface area contributed by atoms with E-state index < -0.39 is 5.63 Å². The number of methoxy groups -OCH3 is 1. The molecule has 124 valence electrons. The molecule has 1 N–H and O–H groups in total. The molecular formula is C20H20O4. The van der Waals surface area contributed by atoms with Gasteiger partial charge in [-0.15, -0.1) is 0 Å². The Kier molecular flexibility index (Phi) is 4.16. The molecule has 0 aliphatic heterocycles. The van der Waals surface area contributed by atoms with E-state index in [0.717, 1.165) is 33.2 Å². The Balaban J connectivity index is 2.31. The Morgan fingerprint density at radius 1 is 1.08 bits per heavy atom. The molecule has 4 nitrogen and oxygen atoms in total. The van der Waals surface area contributed by atoms with Crippen molar-refractivity contribution in [3.8, 4) is 16.9 Å². The maximum Gasteiger partial charge on any atom is 0.344 e. The van der Waals surface area contributed by atoms with E-state index in [1.54, 1.807) is 13.2 Å². The second-order valence-electron chi connectivity index (χ2n) is 6.00. The third-order valence-corrected chi connectivity index (χ3v) is 4.50. The minimum Gasteiger partial charge on any atom is -0.497 e. The summed E-state index contributed by atoms with van der Waals surface area (Å²) in [5.74, 6) is 0.642. The number of aryl methyl sites for hydroxylation is 2. The number of hydrogen-bond donors (Lipinski definition) is 1. The Hall–Kier alpha value is -2.59. The molecule has 0 unspecified atom stereocenters. The van der Waals surface area contributed by atoms with Crippen LogP contribution in [0.3, 0.4) is 0 Å². The average Bonchev–Trinajstić information content (AvgIpc) is 2.54. The van der Waals surface area contributed by atoms with Crippen LogP contribution in [-0.2, 0) is 6.61 Å². The van der Waals surface area contributed by atoms with Crippen LogP contribution in [0.5, 0.6) is 5.75 Å². The van der Waals surface area contributed by atoms with Gasteiger partial charge >= 0.3 is 5.63 Å². The average molecular weight is 324 g/mol. The summed E-state index contributed by atoms with van der Waals surface area (Å²) in [4.78, 5) is 12.6. The molecule has 1 aromatic heterocycles. The Morgan fingerprint density at radius 3 is 2.50 bits per heavy atom. The molecule has 0 aliphatic rings. The van der Waals surface area contributed by atoms with Gasteiger partial charge in [0.2, 0.25) is 0 Å². The van der Waals surface area contributed by atoms with Crippen LogP contribution in [0.25, 0.3) is 22.1 Å². The van der Waals surface area contributed by atoms with Gasteiger partial charge in [0, 0.05) is 11.5 Å². The van der Waals surface area contributed by atoms with Crippen LogP contribution in [0.1, 0.15) is 22.3 Å². The van der Waals surface area contributed by atoms with E-state index in [9.17, 15) is 9.90 Å². The molecule has 0 spiro atoms. The van der Waals surface area contributed by atoms with E-state index in [0.29, 0.717) is 16.9 Å². The number of fused-ring (bicyclic) bond motifs is 1. The van der Waals surface area contributed by atoms with Gasteiger partial charge in [0.25, 0.3) is 0 Å². The third-order valence-electron chi connectivity index (χ3n) is 4.50. The van der Waals surface area contributed by atoms with Crippen molar-refractivity contribution < 1.29 is 14.3 Å². The van der Waals surface area contributed by atoms with Gasteiger partial charge in [0.1, 0.15) is 11.3 Å². The van der Waals surface area contributed by atoms with Gasteiger partial charge in [-0.25, -0.2) is 4.79 Å². The van der Waals surface area contributed by atoms with Crippen LogP contribution >= 0.6 is 0 Å². The van der Waals surface area contributed by atoms with Crippen molar-refractivity contribution in [3.05, 3.63) is 63.0 Å². The number of aliphatic hydroxyl groups is 1. The fraction of sp³-hybridized carbons (Fsp3) is 0.250. The van der Waals surface area contributed by atoms with Crippen molar-refractivity contribution in [2.75, 3.05) is 7.11 Å². The highest BCUT2D eigenvalue weighted by Crippen LogP contribution is 2.32. The van der Waals surface area contributed by atoms with Crippen LogP contribution in [0.15, 0.2) is 39.5 Å². The number of rotatable bonds is 3. The summed E-state index contributed by atoms with van der Waals surface area (Å²) >= 11 is 0. The summed E-state index contributed by atoms with van der Waals surface area (Å²) in [6.45, 7) is 5.80. The van der Waals surface area contributed by atoms with Crippen LogP contribution in [0.2, 0.25) is 0 Å². The molecule has 0 bridgehead atoms. The lowest BCUT2D eigenvalue weighted by Crippen LogP contribution is -2.07. The first-order chi connectivity index (χ1) is 11.5. The summed E-state index contributed by atoms with van der Waals surface area (Å²) in [6, 6.07) is 9.24. The fourth-order valence-corrected chi connectivity index (χ4v) is 3.28. The molecule has 3 rings (SSSR count).